The van der Waals surface area contributed by atoms with Crippen molar-refractivity contribution in [2.75, 3.05) is 11.1 Å². The van der Waals surface area contributed by atoms with E-state index in [9.17, 15) is 4.39 Å². The van der Waals surface area contributed by atoms with E-state index < -0.39 is 0 Å². The molecule has 0 fully saturated rings. The third-order valence-corrected chi connectivity index (χ3v) is 3.86. The first kappa shape index (κ1) is 15.0. The summed E-state index contributed by atoms with van der Waals surface area (Å²) in [6, 6.07) is 13.8. The van der Waals surface area contributed by atoms with E-state index in [0.717, 1.165) is 11.1 Å². The Morgan fingerprint density at radius 1 is 0.960 bits per heavy atom. The van der Waals surface area contributed by atoms with Gasteiger partial charge in [-0.15, -0.1) is 0 Å². The molecular formula is C19H14FN5. The van der Waals surface area contributed by atoms with E-state index in [0.29, 0.717) is 28.3 Å². The van der Waals surface area contributed by atoms with Crippen LogP contribution in [0, 0.1) is 5.82 Å². The van der Waals surface area contributed by atoms with Crippen LogP contribution in [0.4, 0.5) is 21.5 Å². The molecule has 4 aromatic rings. The molecule has 0 bridgehead atoms. The van der Waals surface area contributed by atoms with E-state index in [4.69, 9.17) is 5.73 Å². The number of benzene rings is 1. The number of nitrogens with one attached hydrogen (secondary N) is 1. The average Bonchev–Trinajstić information content (AvgIpc) is 2.64. The first-order valence-electron chi connectivity index (χ1n) is 7.69. The molecule has 3 aromatic heterocycles. The fraction of sp³-hybridized carbons (Fsp3) is 0. The van der Waals surface area contributed by atoms with E-state index in [1.165, 1.54) is 6.07 Å². The van der Waals surface area contributed by atoms with Crippen LogP contribution in [0.25, 0.3) is 22.3 Å². The summed E-state index contributed by atoms with van der Waals surface area (Å²) in [6.45, 7) is 0. The van der Waals surface area contributed by atoms with Crippen molar-refractivity contribution in [3.8, 4) is 11.3 Å². The molecule has 0 aliphatic carbocycles. The Kier molecular flexibility index (Phi) is 3.70. The average molecular weight is 331 g/mol. The first-order chi connectivity index (χ1) is 12.2. The van der Waals surface area contributed by atoms with Gasteiger partial charge in [-0.3, -0.25) is 4.98 Å². The molecule has 0 aliphatic heterocycles. The Bertz CT molecular complexity index is 1060. The number of hydrogen-bond donors (Lipinski definition) is 2. The molecule has 0 unspecified atom stereocenters. The van der Waals surface area contributed by atoms with Crippen LogP contribution in [-0.4, -0.2) is 15.0 Å². The van der Waals surface area contributed by atoms with Crippen LogP contribution >= 0.6 is 0 Å². The van der Waals surface area contributed by atoms with E-state index in [-0.39, 0.29) is 5.82 Å². The van der Waals surface area contributed by atoms with Crippen LogP contribution in [0.15, 0.2) is 67.1 Å². The van der Waals surface area contributed by atoms with E-state index in [2.05, 4.69) is 20.3 Å². The molecule has 0 amide bonds. The zero-order valence-electron chi connectivity index (χ0n) is 13.1. The number of nitrogens with zero attached hydrogens (tertiary/aromatic N) is 3. The maximum atomic E-state index is 14.2. The summed E-state index contributed by atoms with van der Waals surface area (Å²) in [6.07, 6.45) is 4.88. The van der Waals surface area contributed by atoms with E-state index >= 15 is 0 Å². The Morgan fingerprint density at radius 2 is 1.84 bits per heavy atom. The third kappa shape index (κ3) is 2.85. The first-order valence-corrected chi connectivity index (χ1v) is 7.69. The molecule has 4 rings (SSSR count). The highest BCUT2D eigenvalue weighted by Crippen LogP contribution is 2.31. The Balaban J connectivity index is 1.91. The molecule has 0 atom stereocenters. The molecule has 122 valence electrons. The SMILES string of the molecule is Nc1cnccc1Nc1cc(-c2ccccc2F)nc2ncccc12. The number of nitrogen functional groups attached to an aromatic ring is 1. The number of anilines is 3. The third-order valence-electron chi connectivity index (χ3n) is 3.86. The van der Waals surface area contributed by atoms with Gasteiger partial charge in [-0.25, -0.2) is 14.4 Å². The molecule has 3 N–H and O–H groups in total. The van der Waals surface area contributed by atoms with Crippen LogP contribution in [0.3, 0.4) is 0 Å². The van der Waals surface area contributed by atoms with Crippen molar-refractivity contribution >= 4 is 28.1 Å². The number of pyridine rings is 3. The lowest BCUT2D eigenvalue weighted by molar-refractivity contribution is 0.631. The largest absolute Gasteiger partial charge is 0.396 e. The molecule has 0 saturated carbocycles. The smallest absolute Gasteiger partial charge is 0.161 e. The van der Waals surface area contributed by atoms with Gasteiger partial charge in [0.2, 0.25) is 0 Å². The number of hydrogen-bond acceptors (Lipinski definition) is 5. The summed E-state index contributed by atoms with van der Waals surface area (Å²) in [5.74, 6) is -0.334. The van der Waals surface area contributed by atoms with Crippen molar-refractivity contribution < 1.29 is 4.39 Å². The maximum absolute atomic E-state index is 14.2. The van der Waals surface area contributed by atoms with Crippen molar-refractivity contribution in [3.05, 3.63) is 72.9 Å². The molecule has 1 aromatic carbocycles. The summed E-state index contributed by atoms with van der Waals surface area (Å²) in [7, 11) is 0. The quantitative estimate of drug-likeness (QED) is 0.589. The summed E-state index contributed by atoms with van der Waals surface area (Å²) >= 11 is 0. The lowest BCUT2D eigenvalue weighted by Gasteiger charge is -2.13. The number of halogens is 1. The highest BCUT2D eigenvalue weighted by atomic mass is 19.1. The molecule has 0 aliphatic rings. The van der Waals surface area contributed by atoms with Crippen LogP contribution in [0.1, 0.15) is 0 Å². The highest BCUT2D eigenvalue weighted by Gasteiger charge is 2.12. The maximum Gasteiger partial charge on any atom is 0.161 e. The number of aromatic nitrogens is 3. The summed E-state index contributed by atoms with van der Waals surface area (Å²) in [5.41, 5.74) is 9.39. The monoisotopic (exact) mass is 331 g/mol. The van der Waals surface area contributed by atoms with Gasteiger partial charge in [-0.1, -0.05) is 12.1 Å². The Hall–Kier alpha value is -3.54. The van der Waals surface area contributed by atoms with Crippen molar-refractivity contribution in [3.63, 3.8) is 0 Å². The molecule has 6 heteroatoms. The minimum absolute atomic E-state index is 0.334. The van der Waals surface area contributed by atoms with Crippen molar-refractivity contribution in [1.82, 2.24) is 15.0 Å². The number of nitrogens with two attached hydrogens (primary N) is 1. The Labute approximate surface area is 143 Å². The lowest BCUT2D eigenvalue weighted by atomic mass is 10.1. The minimum Gasteiger partial charge on any atom is -0.396 e. The summed E-state index contributed by atoms with van der Waals surface area (Å²) in [4.78, 5) is 12.8. The standard InChI is InChI=1S/C19H14FN5/c20-14-6-2-1-4-12(14)17-10-18(13-5-3-8-23-19(13)25-17)24-16-7-9-22-11-15(16)21/h1-11H,21H2,(H,22,23,24,25). The van der Waals surface area contributed by atoms with E-state index in [1.807, 2.05) is 12.1 Å². The van der Waals surface area contributed by atoms with Gasteiger partial charge < -0.3 is 11.1 Å². The minimum atomic E-state index is -0.334. The molecule has 0 radical (unpaired) electrons. The molecule has 3 heterocycles. The molecular weight excluding hydrogens is 317 g/mol. The van der Waals surface area contributed by atoms with Gasteiger partial charge in [-0.05, 0) is 36.4 Å². The second kappa shape index (κ2) is 6.16. The predicted octanol–water partition coefficient (Wildman–Crippen LogP) is 4.16. The van der Waals surface area contributed by atoms with Gasteiger partial charge in [0, 0.05) is 23.3 Å². The second-order valence-corrected chi connectivity index (χ2v) is 5.50. The fourth-order valence-electron chi connectivity index (χ4n) is 2.63. The zero-order chi connectivity index (χ0) is 17.2. The lowest BCUT2D eigenvalue weighted by Crippen LogP contribution is -2.00. The number of rotatable bonds is 3. The number of fused-ring (bicyclic) bond motifs is 1. The van der Waals surface area contributed by atoms with Crippen LogP contribution < -0.4 is 11.1 Å². The molecule has 0 saturated heterocycles. The van der Waals surface area contributed by atoms with Crippen molar-refractivity contribution in [2.24, 2.45) is 0 Å². The van der Waals surface area contributed by atoms with Gasteiger partial charge in [0.05, 0.1) is 29.0 Å². The van der Waals surface area contributed by atoms with Crippen LogP contribution in [-0.2, 0) is 0 Å². The van der Waals surface area contributed by atoms with E-state index in [1.54, 1.807) is 48.9 Å². The van der Waals surface area contributed by atoms with Gasteiger partial charge in [0.15, 0.2) is 5.65 Å². The predicted molar refractivity (Wildman–Crippen MR) is 96.9 cm³/mol. The second-order valence-electron chi connectivity index (χ2n) is 5.50. The zero-order valence-corrected chi connectivity index (χ0v) is 13.1. The molecule has 5 nitrogen and oxygen atoms in total. The van der Waals surface area contributed by atoms with Gasteiger partial charge in [0.1, 0.15) is 5.82 Å². The normalized spacial score (nSPS) is 10.8. The fourth-order valence-corrected chi connectivity index (χ4v) is 2.63. The topological polar surface area (TPSA) is 76.7 Å². The van der Waals surface area contributed by atoms with Gasteiger partial charge >= 0.3 is 0 Å². The van der Waals surface area contributed by atoms with Gasteiger partial charge in [-0.2, -0.15) is 0 Å². The van der Waals surface area contributed by atoms with Crippen molar-refractivity contribution in [2.45, 2.75) is 0 Å². The molecule has 25 heavy (non-hydrogen) atoms. The molecule has 0 spiro atoms. The Morgan fingerprint density at radius 3 is 2.68 bits per heavy atom. The van der Waals surface area contributed by atoms with Crippen molar-refractivity contribution in [1.29, 1.82) is 0 Å². The van der Waals surface area contributed by atoms with Gasteiger partial charge in [0.25, 0.3) is 0 Å². The summed E-state index contributed by atoms with van der Waals surface area (Å²) < 4.78 is 14.2. The summed E-state index contributed by atoms with van der Waals surface area (Å²) in [5, 5.41) is 4.10. The van der Waals surface area contributed by atoms with Crippen LogP contribution in [0.2, 0.25) is 0 Å². The van der Waals surface area contributed by atoms with Crippen LogP contribution in [0.5, 0.6) is 0 Å². The highest BCUT2D eigenvalue weighted by molar-refractivity contribution is 5.94.